The summed E-state index contributed by atoms with van der Waals surface area (Å²) in [7, 11) is -1.13. The predicted molar refractivity (Wildman–Crippen MR) is 80.9 cm³/mol. The number of hydrogen-bond acceptors (Lipinski definition) is 3. The van der Waals surface area contributed by atoms with E-state index in [2.05, 4.69) is 5.92 Å². The highest BCUT2D eigenvalue weighted by Gasteiger charge is 2.28. The molecule has 0 bridgehead atoms. The van der Waals surface area contributed by atoms with Crippen LogP contribution in [0.4, 0.5) is 0 Å². The molecule has 2 atom stereocenters. The van der Waals surface area contributed by atoms with Gasteiger partial charge in [0.1, 0.15) is 6.10 Å². The van der Waals surface area contributed by atoms with Gasteiger partial charge in [-0.3, -0.25) is 4.21 Å². The van der Waals surface area contributed by atoms with Crippen LogP contribution in [0.2, 0.25) is 0 Å². The molecule has 0 heterocycles. The van der Waals surface area contributed by atoms with Crippen molar-refractivity contribution >= 4 is 16.8 Å². The van der Waals surface area contributed by atoms with Gasteiger partial charge in [-0.15, -0.1) is 12.3 Å². The van der Waals surface area contributed by atoms with Crippen molar-refractivity contribution < 1.29 is 13.7 Å². The Kier molecular flexibility index (Phi) is 5.52. The average Bonchev–Trinajstić information content (AvgIpc) is 2.37. The van der Waals surface area contributed by atoms with Gasteiger partial charge in [0.15, 0.2) is 0 Å². The van der Waals surface area contributed by atoms with Crippen molar-refractivity contribution in [1.82, 2.24) is 0 Å². The Morgan fingerprint density at radius 1 is 1.45 bits per heavy atom. The van der Waals surface area contributed by atoms with Crippen molar-refractivity contribution in [3.63, 3.8) is 0 Å². The maximum absolute atomic E-state index is 12.2. The van der Waals surface area contributed by atoms with Crippen LogP contribution in [0.3, 0.4) is 0 Å². The molecule has 1 rings (SSSR count). The molecular weight excluding hydrogens is 272 g/mol. The summed E-state index contributed by atoms with van der Waals surface area (Å²) in [6, 6.07) is 6.65. The Bertz CT molecular complexity index is 550. The fourth-order valence-electron chi connectivity index (χ4n) is 1.63. The lowest BCUT2D eigenvalue weighted by molar-refractivity contribution is -0.000566. The molecule has 108 valence electrons. The minimum atomic E-state index is -1.13. The van der Waals surface area contributed by atoms with Gasteiger partial charge in [-0.25, -0.2) is 4.79 Å². The van der Waals surface area contributed by atoms with Crippen LogP contribution in [0.25, 0.3) is 0 Å². The number of ether oxygens (including phenoxy) is 1. The van der Waals surface area contributed by atoms with Gasteiger partial charge in [-0.1, -0.05) is 26.8 Å². The van der Waals surface area contributed by atoms with Gasteiger partial charge in [-0.2, -0.15) is 0 Å². The highest BCUT2D eigenvalue weighted by Crippen LogP contribution is 2.25. The first-order chi connectivity index (χ1) is 9.25. The number of carbonyl (C=O) groups excluding carboxylic acids is 1. The number of carbonyl (C=O) groups is 1. The van der Waals surface area contributed by atoms with Gasteiger partial charge in [0, 0.05) is 28.4 Å². The van der Waals surface area contributed by atoms with Gasteiger partial charge in [0.05, 0.1) is 5.56 Å². The monoisotopic (exact) mass is 292 g/mol. The molecule has 3 nitrogen and oxygen atoms in total. The molecule has 0 spiro atoms. The van der Waals surface area contributed by atoms with Crippen molar-refractivity contribution in [1.29, 1.82) is 0 Å². The third kappa shape index (κ3) is 4.50. The van der Waals surface area contributed by atoms with E-state index >= 15 is 0 Å². The van der Waals surface area contributed by atoms with Crippen molar-refractivity contribution in [2.45, 2.75) is 38.2 Å². The summed E-state index contributed by atoms with van der Waals surface area (Å²) in [5.74, 6) is 2.10. The summed E-state index contributed by atoms with van der Waals surface area (Å²) >= 11 is 0. The summed E-state index contributed by atoms with van der Waals surface area (Å²) in [5, 5.41) is 0. The Labute approximate surface area is 123 Å². The Morgan fingerprint density at radius 2 is 2.10 bits per heavy atom. The van der Waals surface area contributed by atoms with E-state index in [-0.39, 0.29) is 11.5 Å². The second-order valence-electron chi connectivity index (χ2n) is 5.65. The largest absolute Gasteiger partial charge is 0.457 e. The van der Waals surface area contributed by atoms with Crippen molar-refractivity contribution in [3.8, 4) is 12.3 Å². The molecule has 0 amide bonds. The van der Waals surface area contributed by atoms with E-state index in [1.54, 1.807) is 30.5 Å². The quantitative estimate of drug-likeness (QED) is 0.633. The molecule has 2 unspecified atom stereocenters. The van der Waals surface area contributed by atoms with Crippen molar-refractivity contribution in [2.75, 3.05) is 6.26 Å². The number of hydrogen-bond donors (Lipinski definition) is 0. The molecule has 0 aliphatic carbocycles. The lowest BCUT2D eigenvalue weighted by atomic mass is 9.87. The topological polar surface area (TPSA) is 43.4 Å². The maximum Gasteiger partial charge on any atom is 0.338 e. The second-order valence-corrected chi connectivity index (χ2v) is 7.03. The van der Waals surface area contributed by atoms with Crippen LogP contribution >= 0.6 is 0 Å². The van der Waals surface area contributed by atoms with Gasteiger partial charge < -0.3 is 4.74 Å². The van der Waals surface area contributed by atoms with Gasteiger partial charge in [0.25, 0.3) is 0 Å². The third-order valence-corrected chi connectivity index (χ3v) is 3.84. The zero-order chi connectivity index (χ0) is 15.3. The molecule has 0 saturated heterocycles. The first-order valence-electron chi connectivity index (χ1n) is 6.33. The summed E-state index contributed by atoms with van der Waals surface area (Å²) in [6.07, 6.45) is 6.91. The van der Waals surface area contributed by atoms with E-state index in [1.807, 2.05) is 20.8 Å². The fourth-order valence-corrected chi connectivity index (χ4v) is 2.19. The summed E-state index contributed by atoms with van der Waals surface area (Å²) in [6.45, 7) is 5.92. The molecule has 0 fully saturated rings. The zero-order valence-corrected chi connectivity index (χ0v) is 13.1. The highest BCUT2D eigenvalue weighted by atomic mass is 32.2. The molecule has 1 aromatic rings. The Morgan fingerprint density at radius 3 is 2.60 bits per heavy atom. The fraction of sp³-hybridized carbons (Fsp3) is 0.438. The van der Waals surface area contributed by atoms with Crippen molar-refractivity contribution in [2.24, 2.45) is 5.41 Å². The smallest absolute Gasteiger partial charge is 0.338 e. The van der Waals surface area contributed by atoms with Crippen LogP contribution < -0.4 is 0 Å². The second kappa shape index (κ2) is 6.71. The van der Waals surface area contributed by atoms with Crippen LogP contribution in [0, 0.1) is 17.8 Å². The minimum absolute atomic E-state index is 0.229. The molecule has 1 aromatic carbocycles. The van der Waals surface area contributed by atoms with Gasteiger partial charge >= 0.3 is 5.97 Å². The molecular formula is C16H20O3S. The van der Waals surface area contributed by atoms with Crippen LogP contribution in [-0.4, -0.2) is 22.5 Å². The maximum atomic E-state index is 12.2. The van der Waals surface area contributed by atoms with Crippen LogP contribution in [0.5, 0.6) is 0 Å². The number of rotatable bonds is 4. The lowest BCUT2D eigenvalue weighted by Gasteiger charge is -2.28. The van der Waals surface area contributed by atoms with E-state index in [0.29, 0.717) is 16.9 Å². The number of terminal acetylenes is 1. The molecule has 0 aromatic heterocycles. The predicted octanol–water partition coefficient (Wildman–Crippen LogP) is 3.02. The van der Waals surface area contributed by atoms with E-state index in [0.717, 1.165) is 0 Å². The summed E-state index contributed by atoms with van der Waals surface area (Å²) in [4.78, 5) is 12.8. The summed E-state index contributed by atoms with van der Waals surface area (Å²) < 4.78 is 16.9. The van der Waals surface area contributed by atoms with Gasteiger partial charge in [0.2, 0.25) is 0 Å². The highest BCUT2D eigenvalue weighted by molar-refractivity contribution is 7.84. The van der Waals surface area contributed by atoms with E-state index in [1.165, 1.54) is 0 Å². The molecule has 20 heavy (non-hydrogen) atoms. The Hall–Kier alpha value is -1.60. The molecule has 4 heteroatoms. The first-order valence-corrected chi connectivity index (χ1v) is 7.89. The molecule has 0 aliphatic rings. The molecule has 0 aliphatic heterocycles. The van der Waals surface area contributed by atoms with Crippen LogP contribution in [0.1, 0.15) is 37.6 Å². The average molecular weight is 292 g/mol. The standard InChI is InChI=1S/C16H20O3S/c1-6-8-14(16(2,3)4)19-15(17)12-9-7-10-13(11-12)20(5)18/h1,7,9-11,14H,8H2,2-5H3. The van der Waals surface area contributed by atoms with Gasteiger partial charge in [-0.05, 0) is 23.6 Å². The molecule has 0 radical (unpaired) electrons. The SMILES string of the molecule is C#CCC(OC(=O)c1cccc(S(C)=O)c1)C(C)(C)C. The number of esters is 1. The summed E-state index contributed by atoms with van der Waals surface area (Å²) in [5.41, 5.74) is 0.164. The van der Waals surface area contributed by atoms with Crippen LogP contribution in [0.15, 0.2) is 29.2 Å². The normalized spacial score (nSPS) is 14.2. The van der Waals surface area contributed by atoms with E-state index in [9.17, 15) is 9.00 Å². The Balaban J connectivity index is 2.92. The third-order valence-electron chi connectivity index (χ3n) is 2.92. The van der Waals surface area contributed by atoms with E-state index < -0.39 is 16.8 Å². The number of benzene rings is 1. The molecule has 0 saturated carbocycles. The first kappa shape index (κ1) is 16.5. The zero-order valence-electron chi connectivity index (χ0n) is 12.3. The van der Waals surface area contributed by atoms with E-state index in [4.69, 9.17) is 11.2 Å². The van der Waals surface area contributed by atoms with Crippen LogP contribution in [-0.2, 0) is 15.5 Å². The lowest BCUT2D eigenvalue weighted by Crippen LogP contribution is -2.31. The molecule has 0 N–H and O–H groups in total. The minimum Gasteiger partial charge on any atom is -0.457 e. The van der Waals surface area contributed by atoms with Crippen molar-refractivity contribution in [3.05, 3.63) is 29.8 Å².